The Morgan fingerprint density at radius 1 is 1.06 bits per heavy atom. The Labute approximate surface area is 196 Å². The second kappa shape index (κ2) is 9.22. The van der Waals surface area contributed by atoms with E-state index in [2.05, 4.69) is 34.8 Å². The van der Waals surface area contributed by atoms with Crippen molar-refractivity contribution in [2.45, 2.75) is 38.3 Å². The molecule has 0 spiro atoms. The summed E-state index contributed by atoms with van der Waals surface area (Å²) in [6, 6.07) is 12.0. The first-order valence-corrected chi connectivity index (χ1v) is 12.1. The normalized spacial score (nSPS) is 14.1. The highest BCUT2D eigenvalue weighted by Gasteiger charge is 2.23. The third-order valence-electron chi connectivity index (χ3n) is 5.95. The quantitative estimate of drug-likeness (QED) is 0.330. The molecule has 1 fully saturated rings. The van der Waals surface area contributed by atoms with E-state index in [1.54, 1.807) is 0 Å². The number of ketones is 1. The van der Waals surface area contributed by atoms with Crippen molar-refractivity contribution in [2.24, 2.45) is 0 Å². The summed E-state index contributed by atoms with van der Waals surface area (Å²) in [7, 11) is 0. The Morgan fingerprint density at radius 2 is 1.85 bits per heavy atom. The molecule has 0 radical (unpaired) electrons. The van der Waals surface area contributed by atoms with Crippen LogP contribution < -0.4 is 4.90 Å². The summed E-state index contributed by atoms with van der Waals surface area (Å²) < 4.78 is 3.98. The Balaban J connectivity index is 1.41. The van der Waals surface area contributed by atoms with Gasteiger partial charge in [0.1, 0.15) is 6.33 Å². The molecule has 3 aromatic heterocycles. The van der Waals surface area contributed by atoms with Crippen molar-refractivity contribution in [3.63, 3.8) is 0 Å². The van der Waals surface area contributed by atoms with Crippen LogP contribution in [0.5, 0.6) is 0 Å². The molecule has 4 heterocycles. The highest BCUT2D eigenvalue weighted by atomic mass is 32.2. The highest BCUT2D eigenvalue weighted by molar-refractivity contribution is 7.99. The number of para-hydroxylation sites is 1. The van der Waals surface area contributed by atoms with E-state index < -0.39 is 0 Å². The molecule has 0 aliphatic carbocycles. The molecule has 0 unspecified atom stereocenters. The van der Waals surface area contributed by atoms with Gasteiger partial charge >= 0.3 is 0 Å². The summed E-state index contributed by atoms with van der Waals surface area (Å²) in [4.78, 5) is 19.7. The number of aryl methyl sites for hydroxylation is 1. The number of rotatable bonds is 7. The number of anilines is 1. The van der Waals surface area contributed by atoms with Crippen molar-refractivity contribution >= 4 is 23.5 Å². The van der Waals surface area contributed by atoms with Crippen LogP contribution in [0.3, 0.4) is 0 Å². The number of H-pyrrole nitrogens is 1. The molecule has 0 atom stereocenters. The van der Waals surface area contributed by atoms with Crippen LogP contribution in [0.2, 0.25) is 0 Å². The van der Waals surface area contributed by atoms with E-state index in [9.17, 15) is 4.79 Å². The zero-order chi connectivity index (χ0) is 22.8. The first kappa shape index (κ1) is 21.4. The third-order valence-corrected chi connectivity index (χ3v) is 6.88. The van der Waals surface area contributed by atoms with Gasteiger partial charge in [-0.15, -0.1) is 10.2 Å². The van der Waals surface area contributed by atoms with E-state index in [4.69, 9.17) is 0 Å². The number of aromatic amines is 1. The summed E-state index contributed by atoms with van der Waals surface area (Å²) in [6.45, 7) is 5.83. The number of benzene rings is 1. The first-order chi connectivity index (χ1) is 16.1. The fourth-order valence-electron chi connectivity index (χ4n) is 4.34. The van der Waals surface area contributed by atoms with Gasteiger partial charge in [0.05, 0.1) is 11.4 Å². The largest absolute Gasteiger partial charge is 0.341 e. The van der Waals surface area contributed by atoms with Gasteiger partial charge in [-0.05, 0) is 51.3 Å². The van der Waals surface area contributed by atoms with Crippen molar-refractivity contribution in [3.05, 3.63) is 59.7 Å². The summed E-state index contributed by atoms with van der Waals surface area (Å²) in [5, 5.41) is 16.5. The van der Waals surface area contributed by atoms with E-state index in [1.165, 1.54) is 24.5 Å². The van der Waals surface area contributed by atoms with E-state index in [0.717, 1.165) is 54.1 Å². The average Bonchev–Trinajstić information content (AvgIpc) is 3.58. The number of piperidine rings is 1. The van der Waals surface area contributed by atoms with Gasteiger partial charge in [-0.1, -0.05) is 30.0 Å². The molecule has 33 heavy (non-hydrogen) atoms. The van der Waals surface area contributed by atoms with Crippen LogP contribution in [0, 0.1) is 13.8 Å². The Morgan fingerprint density at radius 3 is 2.58 bits per heavy atom. The molecule has 170 valence electrons. The number of hydrogen-bond donors (Lipinski definition) is 1. The maximum absolute atomic E-state index is 13.2. The van der Waals surface area contributed by atoms with Crippen molar-refractivity contribution < 1.29 is 4.79 Å². The predicted octanol–water partition coefficient (Wildman–Crippen LogP) is 3.76. The molecule has 0 bridgehead atoms. The molecular weight excluding hydrogens is 436 g/mol. The minimum atomic E-state index is 0.0426. The van der Waals surface area contributed by atoms with Gasteiger partial charge in [0.2, 0.25) is 11.9 Å². The molecule has 9 nitrogen and oxygen atoms in total. The fourth-order valence-corrected chi connectivity index (χ4v) is 5.17. The lowest BCUT2D eigenvalue weighted by molar-refractivity contribution is 0.102. The Hall–Kier alpha value is -3.40. The minimum Gasteiger partial charge on any atom is -0.341 e. The van der Waals surface area contributed by atoms with Crippen molar-refractivity contribution in [1.82, 2.24) is 34.5 Å². The Kier molecular flexibility index (Phi) is 5.99. The SMILES string of the molecule is Cc1cc(C(=O)CSc2nnc(N3CCCCC3)n2-c2ccccc2)c(C)n1-c1ncn[nH]1. The lowest BCUT2D eigenvalue weighted by Gasteiger charge is -2.27. The lowest BCUT2D eigenvalue weighted by Crippen LogP contribution is -2.31. The number of nitrogens with one attached hydrogen (secondary N) is 1. The number of carbonyl (C=O) groups excluding carboxylic acids is 1. The second-order valence-electron chi connectivity index (χ2n) is 8.14. The van der Waals surface area contributed by atoms with Crippen LogP contribution in [0.15, 0.2) is 47.9 Å². The van der Waals surface area contributed by atoms with Gasteiger partial charge in [-0.3, -0.25) is 13.9 Å². The highest BCUT2D eigenvalue weighted by Crippen LogP contribution is 2.29. The van der Waals surface area contributed by atoms with E-state index in [-0.39, 0.29) is 11.5 Å². The summed E-state index contributed by atoms with van der Waals surface area (Å²) >= 11 is 1.42. The molecule has 1 aliphatic rings. The number of aromatic nitrogens is 7. The minimum absolute atomic E-state index is 0.0426. The Bertz CT molecular complexity index is 1240. The van der Waals surface area contributed by atoms with Crippen LogP contribution in [-0.2, 0) is 0 Å². The standard InChI is InChI=1S/C23H26N8OS/c1-16-13-19(17(2)30(16)21-24-15-25-26-21)20(32)14-33-23-28-27-22(29-11-7-4-8-12-29)31(23)18-9-5-3-6-10-18/h3,5-6,9-10,13,15H,4,7-8,11-12,14H2,1-2H3,(H,24,25,26). The van der Waals surface area contributed by atoms with Crippen molar-refractivity contribution in [1.29, 1.82) is 0 Å². The number of carbonyl (C=O) groups is 1. The molecular formula is C23H26N8OS. The van der Waals surface area contributed by atoms with Crippen molar-refractivity contribution in [3.8, 4) is 11.6 Å². The lowest BCUT2D eigenvalue weighted by atomic mass is 10.1. The van der Waals surface area contributed by atoms with E-state index in [0.29, 0.717) is 11.5 Å². The smallest absolute Gasteiger partial charge is 0.232 e. The number of thioether (sulfide) groups is 1. The molecule has 10 heteroatoms. The van der Waals surface area contributed by atoms with E-state index in [1.807, 2.05) is 54.8 Å². The first-order valence-electron chi connectivity index (χ1n) is 11.1. The molecule has 1 aromatic carbocycles. The van der Waals surface area contributed by atoms with Crippen LogP contribution in [-0.4, -0.2) is 59.1 Å². The molecule has 0 amide bonds. The van der Waals surface area contributed by atoms with Crippen LogP contribution in [0.1, 0.15) is 41.0 Å². The maximum atomic E-state index is 13.2. The van der Waals surface area contributed by atoms with Gasteiger partial charge in [-0.25, -0.2) is 5.10 Å². The average molecular weight is 463 g/mol. The predicted molar refractivity (Wildman–Crippen MR) is 128 cm³/mol. The van der Waals surface area contributed by atoms with E-state index >= 15 is 0 Å². The number of hydrogen-bond acceptors (Lipinski definition) is 7. The molecule has 1 saturated heterocycles. The third kappa shape index (κ3) is 4.18. The molecule has 1 N–H and O–H groups in total. The summed E-state index contributed by atoms with van der Waals surface area (Å²) in [5.41, 5.74) is 3.45. The zero-order valence-corrected chi connectivity index (χ0v) is 19.5. The maximum Gasteiger partial charge on any atom is 0.232 e. The van der Waals surface area contributed by atoms with Gasteiger partial charge in [0, 0.05) is 30.0 Å². The second-order valence-corrected chi connectivity index (χ2v) is 9.08. The van der Waals surface area contributed by atoms with Gasteiger partial charge in [0.15, 0.2) is 10.9 Å². The topological polar surface area (TPSA) is 97.5 Å². The number of Topliss-reactive ketones (excluding diaryl/α,β-unsaturated/α-hetero) is 1. The molecule has 0 saturated carbocycles. The number of nitrogens with zero attached hydrogens (tertiary/aromatic N) is 7. The van der Waals surface area contributed by atoms with Crippen LogP contribution >= 0.6 is 11.8 Å². The molecule has 5 rings (SSSR count). The monoisotopic (exact) mass is 462 g/mol. The van der Waals surface area contributed by atoms with Gasteiger partial charge < -0.3 is 4.90 Å². The molecule has 1 aliphatic heterocycles. The summed E-state index contributed by atoms with van der Waals surface area (Å²) in [6.07, 6.45) is 5.02. The summed E-state index contributed by atoms with van der Waals surface area (Å²) in [5.74, 6) is 1.76. The van der Waals surface area contributed by atoms with Crippen LogP contribution in [0.25, 0.3) is 11.6 Å². The van der Waals surface area contributed by atoms with Crippen LogP contribution in [0.4, 0.5) is 5.95 Å². The van der Waals surface area contributed by atoms with Crippen molar-refractivity contribution in [2.75, 3.05) is 23.7 Å². The fraction of sp³-hybridized carbons (Fsp3) is 0.348. The molecule has 4 aromatic rings. The van der Waals surface area contributed by atoms with Gasteiger partial charge in [0.25, 0.3) is 0 Å². The van der Waals surface area contributed by atoms with Gasteiger partial charge in [-0.2, -0.15) is 10.1 Å². The zero-order valence-electron chi connectivity index (χ0n) is 18.7.